The largest absolute Gasteiger partial charge is 0.379 e. The Morgan fingerprint density at radius 1 is 0.941 bits per heavy atom. The van der Waals surface area contributed by atoms with Gasteiger partial charge in [-0.1, -0.05) is 68.7 Å². The summed E-state index contributed by atoms with van der Waals surface area (Å²) in [5.74, 6) is 0. The minimum absolute atomic E-state index is 0. The van der Waals surface area contributed by atoms with Gasteiger partial charge in [-0.3, -0.25) is 0 Å². The minimum atomic E-state index is 0. The van der Waals surface area contributed by atoms with E-state index in [-0.39, 0.29) is 18.5 Å². The number of morpholine rings is 1. The molecular formula is C30H67N3O. The van der Waals surface area contributed by atoms with E-state index < -0.39 is 0 Å². The molecule has 0 amide bonds. The number of likely N-dealkylation sites (N-methyl/N-ethyl adjacent to an activating group) is 1. The van der Waals surface area contributed by atoms with Gasteiger partial charge in [0.2, 0.25) is 0 Å². The summed E-state index contributed by atoms with van der Waals surface area (Å²) in [6, 6.07) is 0.734. The van der Waals surface area contributed by atoms with Crippen molar-refractivity contribution in [2.24, 2.45) is 10.8 Å². The summed E-state index contributed by atoms with van der Waals surface area (Å²) in [6.07, 6.45) is 7.73. The maximum Gasteiger partial charge on any atom is 0.0594 e. The minimum Gasteiger partial charge on any atom is -0.379 e. The summed E-state index contributed by atoms with van der Waals surface area (Å²) in [5.41, 5.74) is 1.55. The molecule has 0 atom stereocenters. The highest BCUT2D eigenvalue weighted by Gasteiger charge is 2.38. The van der Waals surface area contributed by atoms with Crippen molar-refractivity contribution in [1.82, 2.24) is 15.1 Å². The first-order chi connectivity index (χ1) is 14.9. The third-order valence-corrected chi connectivity index (χ3v) is 6.86. The van der Waals surface area contributed by atoms with E-state index in [0.717, 1.165) is 32.3 Å². The van der Waals surface area contributed by atoms with E-state index in [1.807, 2.05) is 0 Å². The van der Waals surface area contributed by atoms with Crippen LogP contribution in [0.2, 0.25) is 0 Å². The van der Waals surface area contributed by atoms with Crippen LogP contribution in [0.15, 0.2) is 0 Å². The Labute approximate surface area is 217 Å². The maximum atomic E-state index is 5.10. The number of piperidine rings is 1. The molecular weight excluding hydrogens is 418 g/mol. The lowest BCUT2D eigenvalue weighted by Crippen LogP contribution is -2.61. The lowest BCUT2D eigenvalue weighted by atomic mass is 9.75. The van der Waals surface area contributed by atoms with Gasteiger partial charge in [0, 0.05) is 30.2 Å². The predicted octanol–water partition coefficient (Wildman–Crippen LogP) is 7.47. The second-order valence-corrected chi connectivity index (χ2v) is 14.0. The Morgan fingerprint density at radius 2 is 1.41 bits per heavy atom. The lowest BCUT2D eigenvalue weighted by Gasteiger charge is -2.49. The molecule has 0 aromatic heterocycles. The average molecular weight is 486 g/mol. The molecule has 2 saturated heterocycles. The second-order valence-electron chi connectivity index (χ2n) is 14.0. The first-order valence-corrected chi connectivity index (χ1v) is 13.7. The van der Waals surface area contributed by atoms with Gasteiger partial charge in [0.25, 0.3) is 0 Å². The monoisotopic (exact) mass is 486 g/mol. The predicted molar refractivity (Wildman–Crippen MR) is 155 cm³/mol. The molecule has 0 radical (unpaired) electrons. The molecule has 2 aliphatic rings. The van der Waals surface area contributed by atoms with Gasteiger partial charge in [0.15, 0.2) is 0 Å². The molecule has 4 nitrogen and oxygen atoms in total. The number of ether oxygens (including phenoxy) is 1. The van der Waals surface area contributed by atoms with E-state index in [9.17, 15) is 0 Å². The van der Waals surface area contributed by atoms with Gasteiger partial charge in [-0.05, 0) is 84.8 Å². The molecule has 0 saturated carbocycles. The zero-order chi connectivity index (χ0) is 25.9. The molecule has 0 unspecified atom stereocenters. The molecule has 2 rings (SSSR count). The smallest absolute Gasteiger partial charge is 0.0594 e. The Kier molecular flexibility index (Phi) is 16.8. The Balaban J connectivity index is 0. The van der Waals surface area contributed by atoms with Gasteiger partial charge < -0.3 is 19.9 Å². The van der Waals surface area contributed by atoms with Crippen LogP contribution in [0.1, 0.15) is 122 Å². The molecule has 0 bridgehead atoms. The van der Waals surface area contributed by atoms with Crippen LogP contribution in [-0.2, 0) is 4.74 Å². The molecule has 0 spiro atoms. The maximum absolute atomic E-state index is 5.10. The highest BCUT2D eigenvalue weighted by atomic mass is 16.5. The summed E-state index contributed by atoms with van der Waals surface area (Å²) in [7, 11) is 4.40. The van der Waals surface area contributed by atoms with Crippen LogP contribution in [-0.4, -0.2) is 73.9 Å². The van der Waals surface area contributed by atoms with Crippen LogP contribution < -0.4 is 5.32 Å². The first kappa shape index (κ1) is 36.0. The van der Waals surface area contributed by atoms with Crippen molar-refractivity contribution < 1.29 is 4.74 Å². The van der Waals surface area contributed by atoms with E-state index in [4.69, 9.17) is 4.74 Å². The van der Waals surface area contributed by atoms with Crippen LogP contribution in [0.3, 0.4) is 0 Å². The van der Waals surface area contributed by atoms with E-state index >= 15 is 0 Å². The first-order valence-electron chi connectivity index (χ1n) is 13.7. The topological polar surface area (TPSA) is 27.7 Å². The SMILES string of the molecule is C.CCC(C)(C)CC(C)(C)C.CCCCN(C)C1CC(C)(C)NC(C)(C)C1.CN1CCOCC1. The van der Waals surface area contributed by atoms with Gasteiger partial charge in [-0.15, -0.1) is 0 Å². The Bertz CT molecular complexity index is 486. The summed E-state index contributed by atoms with van der Waals surface area (Å²) in [4.78, 5) is 4.83. The second kappa shape index (κ2) is 15.8. The van der Waals surface area contributed by atoms with Gasteiger partial charge >= 0.3 is 0 Å². The van der Waals surface area contributed by atoms with Crippen molar-refractivity contribution in [3.05, 3.63) is 0 Å². The van der Waals surface area contributed by atoms with Gasteiger partial charge in [-0.2, -0.15) is 0 Å². The average Bonchev–Trinajstić information content (AvgIpc) is 2.63. The summed E-state index contributed by atoms with van der Waals surface area (Å²) in [5, 5.41) is 3.75. The van der Waals surface area contributed by atoms with Crippen molar-refractivity contribution in [2.45, 2.75) is 139 Å². The normalized spacial score (nSPS) is 21.0. The third kappa shape index (κ3) is 18.2. The zero-order valence-corrected chi connectivity index (χ0v) is 25.2. The van der Waals surface area contributed by atoms with Crippen LogP contribution in [0.4, 0.5) is 0 Å². The van der Waals surface area contributed by atoms with Crippen molar-refractivity contribution in [3.63, 3.8) is 0 Å². The van der Waals surface area contributed by atoms with Crippen molar-refractivity contribution >= 4 is 0 Å². The lowest BCUT2D eigenvalue weighted by molar-refractivity contribution is 0.0503. The molecule has 1 N–H and O–H groups in total. The summed E-state index contributed by atoms with van der Waals surface area (Å²) in [6.45, 7) is 30.7. The number of unbranched alkanes of at least 4 members (excludes halogenated alkanes) is 1. The van der Waals surface area contributed by atoms with Gasteiger partial charge in [0.1, 0.15) is 0 Å². The standard InChI is InChI=1S/C14H30N2.C10H22.C5H11NO.CH4/c1-7-8-9-16(6)12-10-13(2,3)15-14(4,5)11-12;1-7-10(5,6)8-9(2,3)4;1-6-2-4-7-5-3-6;/h12,15H,7-11H2,1-6H3;7-8H2,1-6H3;2-5H2,1H3;1H4. The fourth-order valence-corrected chi connectivity index (χ4v) is 5.39. The van der Waals surface area contributed by atoms with E-state index in [1.54, 1.807) is 0 Å². The highest BCUT2D eigenvalue weighted by Crippen LogP contribution is 2.35. The fraction of sp³-hybridized carbons (Fsp3) is 1.00. The van der Waals surface area contributed by atoms with E-state index in [0.29, 0.717) is 10.8 Å². The molecule has 4 heteroatoms. The van der Waals surface area contributed by atoms with Crippen molar-refractivity contribution in [2.75, 3.05) is 46.9 Å². The van der Waals surface area contributed by atoms with Crippen LogP contribution in [0.25, 0.3) is 0 Å². The molecule has 0 aromatic rings. The summed E-state index contributed by atoms with van der Waals surface area (Å²) < 4.78 is 5.10. The molecule has 2 fully saturated rings. The third-order valence-electron chi connectivity index (χ3n) is 6.86. The van der Waals surface area contributed by atoms with Crippen LogP contribution in [0, 0.1) is 10.8 Å². The molecule has 2 aliphatic heterocycles. The quantitative estimate of drug-likeness (QED) is 0.422. The van der Waals surface area contributed by atoms with Gasteiger partial charge in [0.05, 0.1) is 13.2 Å². The molecule has 208 valence electrons. The fourth-order valence-electron chi connectivity index (χ4n) is 5.39. The van der Waals surface area contributed by atoms with Crippen molar-refractivity contribution in [3.8, 4) is 0 Å². The number of nitrogens with one attached hydrogen (secondary N) is 1. The Hall–Kier alpha value is -0.160. The van der Waals surface area contributed by atoms with Gasteiger partial charge in [-0.25, -0.2) is 0 Å². The highest BCUT2D eigenvalue weighted by molar-refractivity contribution is 4.99. The summed E-state index contributed by atoms with van der Waals surface area (Å²) >= 11 is 0. The number of hydrogen-bond acceptors (Lipinski definition) is 4. The number of nitrogens with zero attached hydrogens (tertiary/aromatic N) is 2. The number of hydrogen-bond donors (Lipinski definition) is 1. The van der Waals surface area contributed by atoms with Crippen LogP contribution in [0.5, 0.6) is 0 Å². The Morgan fingerprint density at radius 3 is 1.71 bits per heavy atom. The molecule has 0 aromatic carbocycles. The van der Waals surface area contributed by atoms with E-state index in [1.165, 1.54) is 45.1 Å². The zero-order valence-electron chi connectivity index (χ0n) is 25.2. The molecule has 34 heavy (non-hydrogen) atoms. The number of rotatable bonds is 6. The molecule has 2 heterocycles. The van der Waals surface area contributed by atoms with Crippen LogP contribution >= 0.6 is 0 Å². The van der Waals surface area contributed by atoms with Crippen molar-refractivity contribution in [1.29, 1.82) is 0 Å². The molecule has 0 aliphatic carbocycles. The van der Waals surface area contributed by atoms with E-state index in [2.05, 4.69) is 105 Å².